The van der Waals surface area contributed by atoms with Crippen molar-refractivity contribution in [3.8, 4) is 0 Å². The Morgan fingerprint density at radius 1 is 1.57 bits per heavy atom. The van der Waals surface area contributed by atoms with E-state index in [0.29, 0.717) is 6.54 Å². The lowest BCUT2D eigenvalue weighted by atomic mass is 10.3. The summed E-state index contributed by atoms with van der Waals surface area (Å²) < 4.78 is 0. The van der Waals surface area contributed by atoms with Crippen molar-refractivity contribution in [2.24, 2.45) is 5.11 Å². The Labute approximate surface area is 86.9 Å². The molecule has 0 radical (unpaired) electrons. The van der Waals surface area contributed by atoms with E-state index in [9.17, 15) is 0 Å². The number of aromatic nitrogens is 1. The molecule has 0 unspecified atom stereocenters. The van der Waals surface area contributed by atoms with Gasteiger partial charge in [-0.1, -0.05) is 11.2 Å². The van der Waals surface area contributed by atoms with E-state index in [4.69, 9.17) is 5.53 Å². The highest BCUT2D eigenvalue weighted by molar-refractivity contribution is 7.12. The Balaban J connectivity index is 2.51. The van der Waals surface area contributed by atoms with Crippen molar-refractivity contribution in [3.63, 3.8) is 0 Å². The molecule has 5 heteroatoms. The fourth-order valence-electron chi connectivity index (χ4n) is 1.07. The second kappa shape index (κ2) is 5.42. The van der Waals surface area contributed by atoms with Gasteiger partial charge in [-0.3, -0.25) is 0 Å². The molecule has 1 rings (SSSR count). The highest BCUT2D eigenvalue weighted by atomic mass is 32.1. The molecule has 1 aromatic heterocycles. The van der Waals surface area contributed by atoms with Crippen LogP contribution in [-0.2, 0) is 0 Å². The second-order valence-electron chi connectivity index (χ2n) is 2.83. The van der Waals surface area contributed by atoms with Gasteiger partial charge in [0.2, 0.25) is 0 Å². The summed E-state index contributed by atoms with van der Waals surface area (Å²) in [6.07, 6.45) is 4.82. The van der Waals surface area contributed by atoms with E-state index in [1.807, 2.05) is 26.0 Å². The van der Waals surface area contributed by atoms with Crippen molar-refractivity contribution in [1.29, 1.82) is 0 Å². The normalized spacial score (nSPS) is 10.4. The third-order valence-corrected chi connectivity index (χ3v) is 2.71. The zero-order valence-corrected chi connectivity index (χ0v) is 9.08. The smallest absolute Gasteiger partial charge is 0.0903 e. The Hall–Kier alpha value is -1.32. The monoisotopic (exact) mass is 208 g/mol. The molecule has 0 saturated heterocycles. The first-order chi connectivity index (χ1) is 6.74. The zero-order valence-electron chi connectivity index (χ0n) is 8.27. The molecule has 0 atom stereocenters. The molecular formula is C9H12N4S. The third-order valence-electron chi connectivity index (χ3n) is 1.67. The summed E-state index contributed by atoms with van der Waals surface area (Å²) in [6, 6.07) is 0. The number of nitrogens with zero attached hydrogens (tertiary/aromatic N) is 4. The van der Waals surface area contributed by atoms with Crippen LogP contribution in [0.25, 0.3) is 16.5 Å². The van der Waals surface area contributed by atoms with Gasteiger partial charge in [-0.05, 0) is 31.9 Å². The maximum absolute atomic E-state index is 8.06. The number of hydrogen-bond donors (Lipinski definition) is 0. The number of hydrogen-bond acceptors (Lipinski definition) is 3. The van der Waals surface area contributed by atoms with E-state index < -0.39 is 0 Å². The van der Waals surface area contributed by atoms with Gasteiger partial charge >= 0.3 is 0 Å². The summed E-state index contributed by atoms with van der Waals surface area (Å²) in [7, 11) is 0. The minimum Gasteiger partial charge on any atom is -0.246 e. The molecule has 0 saturated carbocycles. The van der Waals surface area contributed by atoms with Crippen molar-refractivity contribution < 1.29 is 0 Å². The molecule has 4 nitrogen and oxygen atoms in total. The number of thiazole rings is 1. The van der Waals surface area contributed by atoms with Crippen LogP contribution in [0.3, 0.4) is 0 Å². The summed E-state index contributed by atoms with van der Waals surface area (Å²) in [5.74, 6) is 0. The van der Waals surface area contributed by atoms with Crippen LogP contribution in [0.4, 0.5) is 0 Å². The maximum atomic E-state index is 8.06. The Bertz CT molecular complexity index is 374. The van der Waals surface area contributed by atoms with Crippen LogP contribution in [0.15, 0.2) is 11.2 Å². The van der Waals surface area contributed by atoms with E-state index in [0.717, 1.165) is 17.1 Å². The van der Waals surface area contributed by atoms with Crippen molar-refractivity contribution >= 4 is 17.4 Å². The summed E-state index contributed by atoms with van der Waals surface area (Å²) in [5, 5.41) is 4.53. The van der Waals surface area contributed by atoms with Gasteiger partial charge in [0.25, 0.3) is 0 Å². The first kappa shape index (κ1) is 10.8. The molecule has 0 bridgehead atoms. The Morgan fingerprint density at radius 3 is 2.93 bits per heavy atom. The molecule has 1 aromatic rings. The van der Waals surface area contributed by atoms with E-state index in [-0.39, 0.29) is 0 Å². The highest BCUT2D eigenvalue weighted by Crippen LogP contribution is 2.18. The predicted molar refractivity (Wildman–Crippen MR) is 59.3 cm³/mol. The van der Waals surface area contributed by atoms with Crippen LogP contribution in [0.5, 0.6) is 0 Å². The lowest BCUT2D eigenvalue weighted by Gasteiger charge is -1.86. The fraction of sp³-hybridized carbons (Fsp3) is 0.444. The van der Waals surface area contributed by atoms with E-state index in [1.54, 1.807) is 11.3 Å². The second-order valence-corrected chi connectivity index (χ2v) is 4.06. The van der Waals surface area contributed by atoms with E-state index in [2.05, 4.69) is 15.0 Å². The van der Waals surface area contributed by atoms with E-state index in [1.165, 1.54) is 4.88 Å². The van der Waals surface area contributed by atoms with E-state index >= 15 is 0 Å². The topological polar surface area (TPSA) is 61.7 Å². The van der Waals surface area contributed by atoms with Crippen molar-refractivity contribution in [2.45, 2.75) is 20.3 Å². The molecule has 0 fully saturated rings. The Kier molecular flexibility index (Phi) is 4.16. The predicted octanol–water partition coefficient (Wildman–Crippen LogP) is 3.47. The SMILES string of the molecule is Cc1nc(C)c(C=CCCN=[N+]=[N-])s1. The average Bonchev–Trinajstić information content (AvgIpc) is 2.45. The van der Waals surface area contributed by atoms with Crippen molar-refractivity contribution in [3.05, 3.63) is 32.1 Å². The summed E-state index contributed by atoms with van der Waals surface area (Å²) >= 11 is 1.68. The van der Waals surface area contributed by atoms with Crippen molar-refractivity contribution in [1.82, 2.24) is 4.98 Å². The number of azide groups is 1. The van der Waals surface area contributed by atoms with Gasteiger partial charge < -0.3 is 0 Å². The van der Waals surface area contributed by atoms with Gasteiger partial charge in [-0.25, -0.2) is 4.98 Å². The summed E-state index contributed by atoms with van der Waals surface area (Å²) in [4.78, 5) is 8.18. The van der Waals surface area contributed by atoms with Crippen LogP contribution in [0.2, 0.25) is 0 Å². The maximum Gasteiger partial charge on any atom is 0.0903 e. The van der Waals surface area contributed by atoms with Gasteiger partial charge in [-0.15, -0.1) is 11.3 Å². The average molecular weight is 208 g/mol. The molecule has 74 valence electrons. The molecule has 0 aliphatic heterocycles. The Morgan fingerprint density at radius 2 is 2.36 bits per heavy atom. The number of aryl methyl sites for hydroxylation is 2. The molecule has 14 heavy (non-hydrogen) atoms. The standard InChI is InChI=1S/C9H12N4S/c1-7-9(14-8(2)12-7)5-3-4-6-11-13-10/h3,5H,4,6H2,1-2H3. The quantitative estimate of drug-likeness (QED) is 0.323. The zero-order chi connectivity index (χ0) is 10.4. The largest absolute Gasteiger partial charge is 0.246 e. The molecular weight excluding hydrogens is 196 g/mol. The van der Waals surface area contributed by atoms with Gasteiger partial charge in [0, 0.05) is 16.3 Å². The van der Waals surface area contributed by atoms with Gasteiger partial charge in [0.1, 0.15) is 0 Å². The van der Waals surface area contributed by atoms with Crippen LogP contribution in [-0.4, -0.2) is 11.5 Å². The fourth-order valence-corrected chi connectivity index (χ4v) is 1.93. The molecule has 0 spiro atoms. The lowest BCUT2D eigenvalue weighted by molar-refractivity contribution is 0.995. The van der Waals surface area contributed by atoms with Crippen LogP contribution < -0.4 is 0 Å². The minimum atomic E-state index is 0.518. The van der Waals surface area contributed by atoms with Crippen LogP contribution in [0, 0.1) is 13.8 Å². The van der Waals surface area contributed by atoms with Crippen LogP contribution in [0.1, 0.15) is 22.0 Å². The number of rotatable bonds is 4. The van der Waals surface area contributed by atoms with Gasteiger partial charge in [0.05, 0.1) is 10.7 Å². The molecule has 0 aliphatic rings. The summed E-state index contributed by atoms with van der Waals surface area (Å²) in [5.41, 5.74) is 9.12. The highest BCUT2D eigenvalue weighted by Gasteiger charge is 1.99. The van der Waals surface area contributed by atoms with Crippen LogP contribution >= 0.6 is 11.3 Å². The third kappa shape index (κ3) is 3.20. The molecule has 0 N–H and O–H groups in total. The van der Waals surface area contributed by atoms with Gasteiger partial charge in [0.15, 0.2) is 0 Å². The summed E-state index contributed by atoms with van der Waals surface area (Å²) in [6.45, 7) is 4.51. The molecule has 1 heterocycles. The molecule has 0 aromatic carbocycles. The van der Waals surface area contributed by atoms with Crippen molar-refractivity contribution in [2.75, 3.05) is 6.54 Å². The first-order valence-corrected chi connectivity index (χ1v) is 5.17. The molecule has 0 amide bonds. The van der Waals surface area contributed by atoms with Gasteiger partial charge in [-0.2, -0.15) is 0 Å². The molecule has 0 aliphatic carbocycles. The first-order valence-electron chi connectivity index (χ1n) is 4.35. The lowest BCUT2D eigenvalue weighted by Crippen LogP contribution is -1.75. The minimum absolute atomic E-state index is 0.518.